The van der Waals surface area contributed by atoms with Crippen molar-refractivity contribution < 1.29 is 29.3 Å². The number of esters is 2. The summed E-state index contributed by atoms with van der Waals surface area (Å²) >= 11 is 0. The summed E-state index contributed by atoms with van der Waals surface area (Å²) in [5.41, 5.74) is 0. The Morgan fingerprint density at radius 2 is 1.19 bits per heavy atom. The number of aliphatic hydroxyl groups is 2. The van der Waals surface area contributed by atoms with Crippen LogP contribution in [0.1, 0.15) is 110 Å². The Labute approximate surface area is 225 Å². The van der Waals surface area contributed by atoms with Crippen LogP contribution in [-0.4, -0.2) is 48.1 Å². The molecule has 0 aliphatic rings. The molecule has 0 bridgehead atoms. The van der Waals surface area contributed by atoms with E-state index in [1.165, 1.54) is 6.42 Å². The van der Waals surface area contributed by atoms with Gasteiger partial charge in [0, 0.05) is 19.4 Å². The number of ether oxygens (including phenoxy) is 2. The summed E-state index contributed by atoms with van der Waals surface area (Å²) in [5, 5.41) is 18.1. The molecular weight excluding hydrogens is 468 g/mol. The molecule has 0 saturated heterocycles. The van der Waals surface area contributed by atoms with Gasteiger partial charge in [-0.3, -0.25) is 9.59 Å². The van der Waals surface area contributed by atoms with E-state index < -0.39 is 6.10 Å². The molecule has 0 heterocycles. The van der Waals surface area contributed by atoms with E-state index in [9.17, 15) is 14.7 Å². The molecule has 6 nitrogen and oxygen atoms in total. The van der Waals surface area contributed by atoms with Crippen LogP contribution in [0.25, 0.3) is 0 Å². The molecule has 212 valence electrons. The van der Waals surface area contributed by atoms with Crippen molar-refractivity contribution in [1.29, 1.82) is 0 Å². The van der Waals surface area contributed by atoms with Gasteiger partial charge in [-0.1, -0.05) is 87.6 Å². The Morgan fingerprint density at radius 1 is 0.649 bits per heavy atom. The molecule has 6 heteroatoms. The highest BCUT2D eigenvalue weighted by molar-refractivity contribution is 5.70. The van der Waals surface area contributed by atoms with Gasteiger partial charge >= 0.3 is 11.9 Å². The number of allylic oxidation sites excluding steroid dienone is 8. The molecule has 0 radical (unpaired) electrons. The molecule has 0 aliphatic carbocycles. The third-order valence-corrected chi connectivity index (χ3v) is 5.68. The number of rotatable bonds is 25. The second-order valence-corrected chi connectivity index (χ2v) is 9.20. The predicted molar refractivity (Wildman–Crippen MR) is 151 cm³/mol. The summed E-state index contributed by atoms with van der Waals surface area (Å²) in [4.78, 5) is 23.7. The van der Waals surface area contributed by atoms with E-state index >= 15 is 0 Å². The third kappa shape index (κ3) is 26.7. The van der Waals surface area contributed by atoms with Crippen molar-refractivity contribution in [2.45, 2.75) is 116 Å². The molecule has 0 rings (SSSR count). The topological polar surface area (TPSA) is 93.1 Å². The number of carbonyl (C=O) groups excluding carboxylic acids is 2. The van der Waals surface area contributed by atoms with Crippen molar-refractivity contribution in [1.82, 2.24) is 0 Å². The molecule has 37 heavy (non-hydrogen) atoms. The minimum atomic E-state index is -0.801. The summed E-state index contributed by atoms with van der Waals surface area (Å²) < 4.78 is 10.4. The van der Waals surface area contributed by atoms with Gasteiger partial charge < -0.3 is 19.7 Å². The first-order chi connectivity index (χ1) is 18.1. The van der Waals surface area contributed by atoms with Crippen molar-refractivity contribution in [2.75, 3.05) is 19.8 Å². The summed E-state index contributed by atoms with van der Waals surface area (Å²) in [6.07, 6.45) is 30.7. The molecule has 2 N–H and O–H groups in total. The number of hydrogen-bond donors (Lipinski definition) is 2. The van der Waals surface area contributed by atoms with Gasteiger partial charge in [-0.05, 0) is 57.8 Å². The highest BCUT2D eigenvalue weighted by Crippen LogP contribution is 2.07. The van der Waals surface area contributed by atoms with Crippen LogP contribution in [0, 0.1) is 0 Å². The van der Waals surface area contributed by atoms with Gasteiger partial charge in [0.15, 0.2) is 6.10 Å². The maximum absolute atomic E-state index is 12.0. The van der Waals surface area contributed by atoms with Gasteiger partial charge in [-0.15, -0.1) is 0 Å². The van der Waals surface area contributed by atoms with Gasteiger partial charge in [-0.2, -0.15) is 0 Å². The Morgan fingerprint density at radius 3 is 1.78 bits per heavy atom. The van der Waals surface area contributed by atoms with Crippen molar-refractivity contribution in [2.24, 2.45) is 0 Å². The predicted octanol–water partition coefficient (Wildman–Crippen LogP) is 6.91. The Kier molecular flexibility index (Phi) is 26.7. The highest BCUT2D eigenvalue weighted by Gasteiger charge is 2.15. The van der Waals surface area contributed by atoms with Gasteiger partial charge in [0.1, 0.15) is 6.61 Å². The van der Waals surface area contributed by atoms with Gasteiger partial charge in [-0.25, -0.2) is 0 Å². The maximum Gasteiger partial charge on any atom is 0.306 e. The first-order valence-electron chi connectivity index (χ1n) is 14.3. The molecule has 0 unspecified atom stereocenters. The standard InChI is InChI=1S/C31H52O6/c1-2-3-4-18-21-24-30(34)36-28-29(27-33)37-31(35)25-22-19-16-14-12-10-8-6-5-7-9-11-13-15-17-20-23-26-32/h5,7-8,10-11,13-14,16,29,32-33H,2-4,6,9,12,15,17-28H2,1H3/b7-5-,10-8-,13-11-,16-14-/t29-/m0/s1. The Bertz CT molecular complexity index is 650. The van der Waals surface area contributed by atoms with E-state index in [0.717, 1.165) is 77.0 Å². The molecule has 0 saturated carbocycles. The van der Waals surface area contributed by atoms with Gasteiger partial charge in [0.2, 0.25) is 0 Å². The van der Waals surface area contributed by atoms with Crippen molar-refractivity contribution in [3.63, 3.8) is 0 Å². The van der Waals surface area contributed by atoms with Crippen molar-refractivity contribution >= 4 is 11.9 Å². The fraction of sp³-hybridized carbons (Fsp3) is 0.677. The summed E-state index contributed by atoms with van der Waals surface area (Å²) in [6.45, 7) is 1.98. The molecule has 1 atom stereocenters. The summed E-state index contributed by atoms with van der Waals surface area (Å²) in [5.74, 6) is -0.693. The van der Waals surface area contributed by atoms with Crippen LogP contribution in [0.2, 0.25) is 0 Å². The molecule has 0 aromatic heterocycles. The second kappa shape index (κ2) is 28.4. The third-order valence-electron chi connectivity index (χ3n) is 5.68. The van der Waals surface area contributed by atoms with Crippen molar-refractivity contribution in [3.8, 4) is 0 Å². The van der Waals surface area contributed by atoms with E-state index in [1.54, 1.807) is 0 Å². The highest BCUT2D eigenvalue weighted by atomic mass is 16.6. The van der Waals surface area contributed by atoms with E-state index in [2.05, 4.69) is 55.5 Å². The Balaban J connectivity index is 3.74. The smallest absolute Gasteiger partial charge is 0.306 e. The SMILES string of the molecule is CCCCCCCC(=O)OC[C@H](CO)OC(=O)CCC/C=C\C/C=C\C/C=C\C/C=C\CCCCCO. The lowest BCUT2D eigenvalue weighted by atomic mass is 10.1. The molecule has 0 amide bonds. The fourth-order valence-corrected chi connectivity index (χ4v) is 3.46. The van der Waals surface area contributed by atoms with E-state index in [1.807, 2.05) is 0 Å². The lowest BCUT2D eigenvalue weighted by Gasteiger charge is -2.15. The van der Waals surface area contributed by atoms with Crippen LogP contribution in [0.5, 0.6) is 0 Å². The first-order valence-corrected chi connectivity index (χ1v) is 14.3. The van der Waals surface area contributed by atoms with E-state index in [0.29, 0.717) is 19.4 Å². The minimum absolute atomic E-state index is 0.0969. The monoisotopic (exact) mass is 520 g/mol. The first kappa shape index (κ1) is 34.8. The molecule has 0 fully saturated rings. The van der Waals surface area contributed by atoms with Gasteiger partial charge in [0.05, 0.1) is 6.61 Å². The summed E-state index contributed by atoms with van der Waals surface area (Å²) in [7, 11) is 0. The van der Waals surface area contributed by atoms with Crippen LogP contribution in [-0.2, 0) is 19.1 Å². The van der Waals surface area contributed by atoms with E-state index in [-0.39, 0.29) is 31.6 Å². The average Bonchev–Trinajstić information content (AvgIpc) is 2.90. The average molecular weight is 521 g/mol. The second-order valence-electron chi connectivity index (χ2n) is 9.20. The molecular formula is C31H52O6. The zero-order valence-electron chi connectivity index (χ0n) is 23.2. The van der Waals surface area contributed by atoms with Crippen molar-refractivity contribution in [3.05, 3.63) is 48.6 Å². The quantitative estimate of drug-likeness (QED) is 0.0771. The van der Waals surface area contributed by atoms with Crippen LogP contribution in [0.4, 0.5) is 0 Å². The van der Waals surface area contributed by atoms with Crippen LogP contribution >= 0.6 is 0 Å². The lowest BCUT2D eigenvalue weighted by molar-refractivity contribution is -0.161. The van der Waals surface area contributed by atoms with Crippen LogP contribution in [0.3, 0.4) is 0 Å². The van der Waals surface area contributed by atoms with E-state index in [4.69, 9.17) is 14.6 Å². The molecule has 0 aromatic carbocycles. The number of carbonyl (C=O) groups is 2. The summed E-state index contributed by atoms with van der Waals surface area (Å²) in [6, 6.07) is 0. The zero-order valence-corrected chi connectivity index (χ0v) is 23.2. The number of hydrogen-bond acceptors (Lipinski definition) is 6. The zero-order chi connectivity index (χ0) is 27.2. The molecule has 0 aromatic rings. The Hall–Kier alpha value is -2.18. The molecule has 0 aliphatic heterocycles. The maximum atomic E-state index is 12.0. The number of unbranched alkanes of at least 4 members (excludes halogenated alkanes) is 8. The van der Waals surface area contributed by atoms with Gasteiger partial charge in [0.25, 0.3) is 0 Å². The minimum Gasteiger partial charge on any atom is -0.462 e. The lowest BCUT2D eigenvalue weighted by Crippen LogP contribution is -2.28. The number of aliphatic hydroxyl groups excluding tert-OH is 2. The fourth-order valence-electron chi connectivity index (χ4n) is 3.46. The van der Waals surface area contributed by atoms with Crippen LogP contribution < -0.4 is 0 Å². The molecule has 0 spiro atoms. The van der Waals surface area contributed by atoms with Crippen LogP contribution in [0.15, 0.2) is 48.6 Å². The largest absolute Gasteiger partial charge is 0.462 e. The normalized spacial score (nSPS) is 12.8.